The number of rotatable bonds is 7. The van der Waals surface area contributed by atoms with Crippen molar-refractivity contribution in [1.82, 2.24) is 14.5 Å². The summed E-state index contributed by atoms with van der Waals surface area (Å²) in [5.74, 6) is -0.289. The third-order valence-electron chi connectivity index (χ3n) is 6.13. The highest BCUT2D eigenvalue weighted by Gasteiger charge is 2.39. The molecule has 2 aliphatic heterocycles. The maximum Gasteiger partial charge on any atom is 0.243 e. The van der Waals surface area contributed by atoms with Crippen molar-refractivity contribution in [1.29, 1.82) is 0 Å². The fourth-order valence-corrected chi connectivity index (χ4v) is 5.72. The molecule has 8 heteroatoms. The van der Waals surface area contributed by atoms with Gasteiger partial charge in [-0.25, -0.2) is 8.42 Å². The molecule has 2 heterocycles. The highest BCUT2D eigenvalue weighted by atomic mass is 32.2. The van der Waals surface area contributed by atoms with E-state index in [2.05, 4.69) is 12.2 Å². The van der Waals surface area contributed by atoms with Crippen LogP contribution in [-0.2, 0) is 19.6 Å². The van der Waals surface area contributed by atoms with Gasteiger partial charge in [-0.2, -0.15) is 4.31 Å². The topological polar surface area (TPSA) is 86.8 Å². The van der Waals surface area contributed by atoms with Crippen molar-refractivity contribution < 1.29 is 18.0 Å². The number of sulfonamides is 1. The molecule has 0 aliphatic carbocycles. The minimum Gasteiger partial charge on any atom is -0.354 e. The third kappa shape index (κ3) is 5.03. The number of carbonyl (C=O) groups excluding carboxylic acids is 2. The van der Waals surface area contributed by atoms with Gasteiger partial charge in [0.15, 0.2) is 0 Å². The van der Waals surface area contributed by atoms with Gasteiger partial charge in [-0.3, -0.25) is 9.59 Å². The molecule has 1 aromatic carbocycles. The average molecular weight is 436 g/mol. The van der Waals surface area contributed by atoms with Crippen molar-refractivity contribution in [2.24, 2.45) is 5.92 Å². The summed E-state index contributed by atoms with van der Waals surface area (Å²) in [6.07, 6.45) is 4.45. The standard InChI is InChI=1S/C22H33N3O4S/c1-3-4-13-23-21(26)20-6-5-14-25(20)22(27)18-11-15-24(16-12-18)30(28,29)19-9-7-17(2)8-10-19/h7-10,18,20H,3-6,11-16H2,1-2H3,(H,23,26). The van der Waals surface area contributed by atoms with Crippen molar-refractivity contribution in [2.45, 2.75) is 63.3 Å². The first-order valence-corrected chi connectivity index (χ1v) is 12.4. The van der Waals surface area contributed by atoms with E-state index in [4.69, 9.17) is 0 Å². The molecule has 7 nitrogen and oxygen atoms in total. The number of carbonyl (C=O) groups is 2. The Labute approximate surface area is 179 Å². The van der Waals surface area contributed by atoms with Crippen molar-refractivity contribution in [2.75, 3.05) is 26.2 Å². The van der Waals surface area contributed by atoms with Crippen molar-refractivity contribution >= 4 is 21.8 Å². The highest BCUT2D eigenvalue weighted by molar-refractivity contribution is 7.89. The summed E-state index contributed by atoms with van der Waals surface area (Å²) in [7, 11) is -3.54. The maximum absolute atomic E-state index is 13.1. The Morgan fingerprint density at radius 3 is 2.37 bits per heavy atom. The van der Waals surface area contributed by atoms with E-state index in [0.29, 0.717) is 50.3 Å². The Bertz CT molecular complexity index is 846. The first-order valence-electron chi connectivity index (χ1n) is 11.0. The highest BCUT2D eigenvalue weighted by Crippen LogP contribution is 2.28. The van der Waals surface area contributed by atoms with E-state index >= 15 is 0 Å². The van der Waals surface area contributed by atoms with E-state index < -0.39 is 10.0 Å². The van der Waals surface area contributed by atoms with Gasteiger partial charge in [0.05, 0.1) is 4.90 Å². The quantitative estimate of drug-likeness (QED) is 0.666. The van der Waals surface area contributed by atoms with Crippen LogP contribution in [0.5, 0.6) is 0 Å². The van der Waals surface area contributed by atoms with Gasteiger partial charge in [-0.05, 0) is 51.2 Å². The second-order valence-corrected chi connectivity index (χ2v) is 10.3. The van der Waals surface area contributed by atoms with Gasteiger partial charge < -0.3 is 10.2 Å². The summed E-state index contributed by atoms with van der Waals surface area (Å²) in [5.41, 5.74) is 1.01. The van der Waals surface area contributed by atoms with Gasteiger partial charge in [0.2, 0.25) is 21.8 Å². The number of nitrogens with one attached hydrogen (secondary N) is 1. The summed E-state index contributed by atoms with van der Waals surface area (Å²) in [4.78, 5) is 27.6. The van der Waals surface area contributed by atoms with E-state index in [9.17, 15) is 18.0 Å². The van der Waals surface area contributed by atoms with Crippen molar-refractivity contribution in [3.8, 4) is 0 Å². The predicted octanol–water partition coefficient (Wildman–Crippen LogP) is 2.30. The Morgan fingerprint density at radius 1 is 1.07 bits per heavy atom. The lowest BCUT2D eigenvalue weighted by atomic mass is 9.96. The van der Waals surface area contributed by atoms with Crippen LogP contribution in [-0.4, -0.2) is 61.7 Å². The smallest absolute Gasteiger partial charge is 0.243 e. The normalized spacial score (nSPS) is 21.0. The van der Waals surface area contributed by atoms with Gasteiger partial charge >= 0.3 is 0 Å². The molecule has 1 aromatic rings. The summed E-state index contributed by atoms with van der Waals surface area (Å²) >= 11 is 0. The predicted molar refractivity (Wildman–Crippen MR) is 115 cm³/mol. The molecule has 0 bridgehead atoms. The molecule has 2 aliphatic rings. The fourth-order valence-electron chi connectivity index (χ4n) is 4.25. The lowest BCUT2D eigenvalue weighted by Crippen LogP contribution is -2.50. The minimum absolute atomic E-state index is 0.00414. The van der Waals surface area contributed by atoms with Crippen molar-refractivity contribution in [3.63, 3.8) is 0 Å². The number of hydrogen-bond donors (Lipinski definition) is 1. The lowest BCUT2D eigenvalue weighted by Gasteiger charge is -2.34. The van der Waals surface area contributed by atoms with Crippen LogP contribution in [0.1, 0.15) is 51.0 Å². The number of likely N-dealkylation sites (tertiary alicyclic amines) is 1. The number of aryl methyl sites for hydroxylation is 1. The van der Waals surface area contributed by atoms with Crippen LogP contribution in [0.2, 0.25) is 0 Å². The van der Waals surface area contributed by atoms with Crippen LogP contribution in [0.3, 0.4) is 0 Å². The molecule has 30 heavy (non-hydrogen) atoms. The van der Waals surface area contributed by atoms with Crippen LogP contribution in [0.15, 0.2) is 29.2 Å². The second-order valence-electron chi connectivity index (χ2n) is 8.33. The zero-order valence-corrected chi connectivity index (χ0v) is 18.8. The molecule has 166 valence electrons. The molecule has 0 radical (unpaired) electrons. The van der Waals surface area contributed by atoms with Gasteiger partial charge in [-0.1, -0.05) is 31.0 Å². The average Bonchev–Trinajstić information content (AvgIpc) is 3.24. The number of piperidine rings is 1. The SMILES string of the molecule is CCCCNC(=O)C1CCCN1C(=O)C1CCN(S(=O)(=O)c2ccc(C)cc2)CC1. The Morgan fingerprint density at radius 2 is 1.73 bits per heavy atom. The number of hydrogen-bond acceptors (Lipinski definition) is 4. The lowest BCUT2D eigenvalue weighted by molar-refractivity contribution is -0.142. The molecule has 0 spiro atoms. The van der Waals surface area contributed by atoms with E-state index in [0.717, 1.165) is 24.8 Å². The third-order valence-corrected chi connectivity index (χ3v) is 8.04. The minimum atomic E-state index is -3.54. The molecule has 3 rings (SSSR count). The molecule has 0 saturated carbocycles. The van der Waals surface area contributed by atoms with E-state index in [1.807, 2.05) is 6.92 Å². The molecule has 2 fully saturated rings. The fraction of sp³-hybridized carbons (Fsp3) is 0.636. The largest absolute Gasteiger partial charge is 0.354 e. The second kappa shape index (κ2) is 9.92. The summed E-state index contributed by atoms with van der Waals surface area (Å²) in [6, 6.07) is 6.47. The monoisotopic (exact) mass is 435 g/mol. The van der Waals surface area contributed by atoms with Gasteiger partial charge in [0.25, 0.3) is 0 Å². The first-order chi connectivity index (χ1) is 14.3. The molecule has 2 saturated heterocycles. The summed E-state index contributed by atoms with van der Waals surface area (Å²) < 4.78 is 27.2. The van der Waals surface area contributed by atoms with Crippen LogP contribution in [0, 0.1) is 12.8 Å². The zero-order valence-electron chi connectivity index (χ0n) is 18.0. The molecule has 0 aromatic heterocycles. The molecule has 2 amide bonds. The van der Waals surface area contributed by atoms with Crippen LogP contribution < -0.4 is 5.32 Å². The molecule has 1 unspecified atom stereocenters. The van der Waals surface area contributed by atoms with Crippen LogP contribution >= 0.6 is 0 Å². The molecule has 1 N–H and O–H groups in total. The maximum atomic E-state index is 13.1. The van der Waals surface area contributed by atoms with Gasteiger partial charge in [0, 0.05) is 32.1 Å². The zero-order chi connectivity index (χ0) is 21.7. The number of amides is 2. The van der Waals surface area contributed by atoms with Crippen LogP contribution in [0.25, 0.3) is 0 Å². The summed E-state index contributed by atoms with van der Waals surface area (Å²) in [6.45, 7) is 5.89. The Hall–Kier alpha value is -1.93. The number of unbranched alkanes of at least 4 members (excludes halogenated alkanes) is 1. The molecule has 1 atom stereocenters. The Balaban J connectivity index is 1.58. The van der Waals surface area contributed by atoms with Gasteiger partial charge in [0.1, 0.15) is 6.04 Å². The molecular weight excluding hydrogens is 402 g/mol. The summed E-state index contributed by atoms with van der Waals surface area (Å²) in [5, 5.41) is 2.94. The van der Waals surface area contributed by atoms with Crippen molar-refractivity contribution in [3.05, 3.63) is 29.8 Å². The van der Waals surface area contributed by atoms with E-state index in [-0.39, 0.29) is 23.8 Å². The first kappa shape index (κ1) is 22.7. The van der Waals surface area contributed by atoms with Gasteiger partial charge in [-0.15, -0.1) is 0 Å². The molecular formula is C22H33N3O4S. The number of benzene rings is 1. The van der Waals surface area contributed by atoms with E-state index in [1.165, 1.54) is 4.31 Å². The number of nitrogens with zero attached hydrogens (tertiary/aromatic N) is 2. The Kier molecular flexibility index (Phi) is 7.52. The van der Waals surface area contributed by atoms with E-state index in [1.54, 1.807) is 29.2 Å². The van der Waals surface area contributed by atoms with Crippen LogP contribution in [0.4, 0.5) is 0 Å².